The van der Waals surface area contributed by atoms with Crippen molar-refractivity contribution in [1.29, 1.82) is 0 Å². The third-order valence-electron chi connectivity index (χ3n) is 8.25. The molecule has 0 bridgehead atoms. The maximum absolute atomic E-state index is 6.30. The highest BCUT2D eigenvalue weighted by atomic mass is 32.1. The molecule has 0 atom stereocenters. The SMILES string of the molecule is c1ccc(-c2nc3ccc4ccc5ccc(N(c6ccccc6)c6cccc7oc8ccccc8c67)cc5c4c3s2)cc1. The fourth-order valence-corrected chi connectivity index (χ4v) is 7.44. The van der Waals surface area contributed by atoms with E-state index in [1.807, 2.05) is 18.2 Å². The van der Waals surface area contributed by atoms with Crippen molar-refractivity contribution in [2.45, 2.75) is 0 Å². The Hall–Kier alpha value is -5.45. The first-order chi connectivity index (χ1) is 21.3. The molecule has 9 aromatic rings. The van der Waals surface area contributed by atoms with Crippen LogP contribution in [0.1, 0.15) is 0 Å². The van der Waals surface area contributed by atoms with Crippen LogP contribution in [0.2, 0.25) is 0 Å². The maximum atomic E-state index is 6.30. The number of hydrogen-bond donors (Lipinski definition) is 0. The summed E-state index contributed by atoms with van der Waals surface area (Å²) in [6.07, 6.45) is 0. The molecule has 43 heavy (non-hydrogen) atoms. The maximum Gasteiger partial charge on any atom is 0.137 e. The van der Waals surface area contributed by atoms with Crippen LogP contribution in [0, 0.1) is 0 Å². The molecule has 2 heterocycles. The first kappa shape index (κ1) is 24.2. The lowest BCUT2D eigenvalue weighted by Crippen LogP contribution is -2.10. The number of rotatable bonds is 4. The van der Waals surface area contributed by atoms with Gasteiger partial charge in [0.25, 0.3) is 0 Å². The smallest absolute Gasteiger partial charge is 0.137 e. The molecule has 0 saturated carbocycles. The monoisotopic (exact) mass is 568 g/mol. The number of aromatic nitrogens is 1. The van der Waals surface area contributed by atoms with Crippen LogP contribution in [0.5, 0.6) is 0 Å². The normalized spacial score (nSPS) is 11.7. The minimum atomic E-state index is 0.880. The molecule has 7 aromatic carbocycles. The molecule has 4 heteroatoms. The molecule has 0 N–H and O–H groups in total. The summed E-state index contributed by atoms with van der Waals surface area (Å²) >= 11 is 1.77. The second-order valence-electron chi connectivity index (χ2n) is 10.8. The summed E-state index contributed by atoms with van der Waals surface area (Å²) in [7, 11) is 0. The fourth-order valence-electron chi connectivity index (χ4n) is 6.30. The molecule has 0 fully saturated rings. The van der Waals surface area contributed by atoms with Gasteiger partial charge in [-0.1, -0.05) is 97.1 Å². The second-order valence-corrected chi connectivity index (χ2v) is 11.8. The number of furan rings is 1. The molecule has 202 valence electrons. The van der Waals surface area contributed by atoms with Gasteiger partial charge >= 0.3 is 0 Å². The van der Waals surface area contributed by atoms with E-state index in [9.17, 15) is 0 Å². The largest absolute Gasteiger partial charge is 0.456 e. The van der Waals surface area contributed by atoms with Crippen molar-refractivity contribution in [2.24, 2.45) is 0 Å². The molecule has 0 amide bonds. The van der Waals surface area contributed by atoms with Gasteiger partial charge in [0.05, 0.1) is 21.3 Å². The Labute approximate surface area is 251 Å². The zero-order valence-corrected chi connectivity index (χ0v) is 23.9. The standard InChI is InChI=1S/C39H24N2OS/c1-3-10-27(11-4-1)39-40-32-23-21-26-19-18-25-20-22-29(24-31(25)36(26)38(32)43-39)41(28-12-5-2-6-13-28)33-15-9-17-35-37(33)30-14-7-8-16-34(30)42-35/h1-24H. The van der Waals surface area contributed by atoms with Gasteiger partial charge in [-0.15, -0.1) is 11.3 Å². The van der Waals surface area contributed by atoms with Gasteiger partial charge in [0, 0.05) is 27.7 Å². The molecule has 2 aromatic heterocycles. The zero-order valence-electron chi connectivity index (χ0n) is 23.1. The lowest BCUT2D eigenvalue weighted by atomic mass is 10.00. The van der Waals surface area contributed by atoms with E-state index in [2.05, 4.69) is 132 Å². The molecule has 0 radical (unpaired) electrons. The van der Waals surface area contributed by atoms with E-state index in [1.54, 1.807) is 11.3 Å². The molecular formula is C39H24N2OS. The number of nitrogens with zero attached hydrogens (tertiary/aromatic N) is 2. The summed E-state index contributed by atoms with van der Waals surface area (Å²) in [6.45, 7) is 0. The van der Waals surface area contributed by atoms with E-state index in [-0.39, 0.29) is 0 Å². The van der Waals surface area contributed by atoms with Crippen molar-refractivity contribution in [1.82, 2.24) is 4.98 Å². The first-order valence-corrected chi connectivity index (χ1v) is 15.2. The zero-order chi connectivity index (χ0) is 28.3. The Balaban J connectivity index is 1.33. The van der Waals surface area contributed by atoms with Gasteiger partial charge in [-0.05, 0) is 64.7 Å². The highest BCUT2D eigenvalue weighted by Crippen LogP contribution is 2.45. The van der Waals surface area contributed by atoms with Gasteiger partial charge in [-0.3, -0.25) is 0 Å². The Morgan fingerprint density at radius 3 is 2.14 bits per heavy atom. The van der Waals surface area contributed by atoms with Crippen LogP contribution in [0.3, 0.4) is 0 Å². The third-order valence-corrected chi connectivity index (χ3v) is 9.39. The Morgan fingerprint density at radius 1 is 0.535 bits per heavy atom. The van der Waals surface area contributed by atoms with E-state index < -0.39 is 0 Å². The van der Waals surface area contributed by atoms with Crippen LogP contribution in [0.4, 0.5) is 17.1 Å². The van der Waals surface area contributed by atoms with Crippen molar-refractivity contribution >= 4 is 82.1 Å². The summed E-state index contributed by atoms with van der Waals surface area (Å²) in [5, 5.41) is 8.15. The molecule has 0 unspecified atom stereocenters. The van der Waals surface area contributed by atoms with Crippen molar-refractivity contribution in [3.05, 3.63) is 146 Å². The fraction of sp³-hybridized carbons (Fsp3) is 0. The number of fused-ring (bicyclic) bond motifs is 8. The molecule has 0 spiro atoms. The van der Waals surface area contributed by atoms with Gasteiger partial charge in [-0.2, -0.15) is 0 Å². The quantitative estimate of drug-likeness (QED) is 0.198. The molecule has 3 nitrogen and oxygen atoms in total. The van der Waals surface area contributed by atoms with Gasteiger partial charge in [0.15, 0.2) is 0 Å². The Kier molecular flexibility index (Phi) is 5.37. The van der Waals surface area contributed by atoms with E-state index in [0.29, 0.717) is 0 Å². The minimum Gasteiger partial charge on any atom is -0.456 e. The van der Waals surface area contributed by atoms with Gasteiger partial charge in [-0.25, -0.2) is 4.98 Å². The van der Waals surface area contributed by atoms with E-state index >= 15 is 0 Å². The topological polar surface area (TPSA) is 29.3 Å². The minimum absolute atomic E-state index is 0.880. The summed E-state index contributed by atoms with van der Waals surface area (Å²) in [6, 6.07) is 51.3. The molecule has 0 saturated heterocycles. The van der Waals surface area contributed by atoms with Crippen molar-refractivity contribution in [3.8, 4) is 10.6 Å². The van der Waals surface area contributed by atoms with Crippen LogP contribution in [0.15, 0.2) is 150 Å². The van der Waals surface area contributed by atoms with Gasteiger partial charge < -0.3 is 9.32 Å². The van der Waals surface area contributed by atoms with Crippen LogP contribution >= 0.6 is 11.3 Å². The average molecular weight is 569 g/mol. The third kappa shape index (κ3) is 3.84. The van der Waals surface area contributed by atoms with E-state index in [0.717, 1.165) is 55.1 Å². The first-order valence-electron chi connectivity index (χ1n) is 14.4. The Morgan fingerprint density at radius 2 is 1.26 bits per heavy atom. The van der Waals surface area contributed by atoms with Gasteiger partial charge in [0.2, 0.25) is 0 Å². The lowest BCUT2D eigenvalue weighted by molar-refractivity contribution is 0.669. The van der Waals surface area contributed by atoms with Crippen LogP contribution < -0.4 is 4.90 Å². The van der Waals surface area contributed by atoms with E-state index in [1.165, 1.54) is 26.2 Å². The van der Waals surface area contributed by atoms with Crippen molar-refractivity contribution in [2.75, 3.05) is 4.90 Å². The summed E-state index contributed by atoms with van der Waals surface area (Å²) in [4.78, 5) is 7.40. The van der Waals surface area contributed by atoms with Crippen LogP contribution in [0.25, 0.3) is 64.3 Å². The lowest BCUT2D eigenvalue weighted by Gasteiger charge is -2.26. The molecule has 0 aliphatic rings. The molecular weight excluding hydrogens is 545 g/mol. The molecule has 0 aliphatic heterocycles. The van der Waals surface area contributed by atoms with E-state index in [4.69, 9.17) is 9.40 Å². The van der Waals surface area contributed by atoms with Crippen molar-refractivity contribution in [3.63, 3.8) is 0 Å². The summed E-state index contributed by atoms with van der Waals surface area (Å²) in [5.74, 6) is 0. The molecule has 0 aliphatic carbocycles. The number of para-hydroxylation sites is 2. The number of thiazole rings is 1. The predicted octanol–water partition coefficient (Wildman–Crippen LogP) is 11.6. The highest BCUT2D eigenvalue weighted by Gasteiger charge is 2.20. The van der Waals surface area contributed by atoms with Crippen LogP contribution in [-0.4, -0.2) is 4.98 Å². The Bertz CT molecular complexity index is 2460. The predicted molar refractivity (Wildman–Crippen MR) is 182 cm³/mol. The summed E-state index contributed by atoms with van der Waals surface area (Å²) < 4.78 is 7.51. The number of benzene rings is 7. The van der Waals surface area contributed by atoms with Gasteiger partial charge in [0.1, 0.15) is 16.2 Å². The second kappa shape index (κ2) is 9.55. The molecule has 9 rings (SSSR count). The average Bonchev–Trinajstić information content (AvgIpc) is 3.68. The summed E-state index contributed by atoms with van der Waals surface area (Å²) in [5.41, 5.74) is 7.22. The number of hydrogen-bond acceptors (Lipinski definition) is 4. The number of anilines is 3. The highest BCUT2D eigenvalue weighted by molar-refractivity contribution is 7.22. The van der Waals surface area contributed by atoms with Crippen molar-refractivity contribution < 1.29 is 4.42 Å². The van der Waals surface area contributed by atoms with Crippen LogP contribution in [-0.2, 0) is 0 Å².